The SMILES string of the molecule is CN(C)c1cccc(C2CCN([C@@H]3CCCC[C@H]3O)CC2)n1. The maximum Gasteiger partial charge on any atom is 0.128 e. The van der Waals surface area contributed by atoms with Crippen molar-refractivity contribution >= 4 is 5.82 Å². The van der Waals surface area contributed by atoms with Gasteiger partial charge in [0.1, 0.15) is 5.82 Å². The number of anilines is 1. The summed E-state index contributed by atoms with van der Waals surface area (Å²) in [6.07, 6.45) is 6.82. The van der Waals surface area contributed by atoms with Crippen molar-refractivity contribution in [3.05, 3.63) is 23.9 Å². The molecule has 122 valence electrons. The fourth-order valence-corrected chi connectivity index (χ4v) is 3.96. The van der Waals surface area contributed by atoms with E-state index in [1.807, 2.05) is 14.1 Å². The zero-order valence-electron chi connectivity index (χ0n) is 13.9. The zero-order chi connectivity index (χ0) is 15.5. The van der Waals surface area contributed by atoms with E-state index < -0.39 is 0 Å². The molecule has 0 spiro atoms. The molecule has 0 bridgehead atoms. The lowest BCUT2D eigenvalue weighted by Gasteiger charge is -2.41. The van der Waals surface area contributed by atoms with Gasteiger partial charge in [0, 0.05) is 31.7 Å². The third kappa shape index (κ3) is 3.44. The smallest absolute Gasteiger partial charge is 0.128 e. The van der Waals surface area contributed by atoms with Crippen molar-refractivity contribution in [1.82, 2.24) is 9.88 Å². The third-order valence-corrected chi connectivity index (χ3v) is 5.32. The number of aromatic nitrogens is 1. The first-order valence-corrected chi connectivity index (χ1v) is 8.71. The summed E-state index contributed by atoms with van der Waals surface area (Å²) < 4.78 is 0. The number of piperidine rings is 1. The molecule has 0 radical (unpaired) electrons. The van der Waals surface area contributed by atoms with Crippen LogP contribution in [0.3, 0.4) is 0 Å². The number of likely N-dealkylation sites (tertiary alicyclic amines) is 1. The summed E-state index contributed by atoms with van der Waals surface area (Å²) in [7, 11) is 4.08. The normalized spacial score (nSPS) is 27.8. The first-order chi connectivity index (χ1) is 10.6. The molecule has 1 N–H and O–H groups in total. The van der Waals surface area contributed by atoms with Crippen LogP contribution in [-0.4, -0.2) is 54.3 Å². The summed E-state index contributed by atoms with van der Waals surface area (Å²) in [5, 5.41) is 10.2. The molecule has 1 aliphatic heterocycles. The summed E-state index contributed by atoms with van der Waals surface area (Å²) in [4.78, 5) is 9.40. The van der Waals surface area contributed by atoms with Gasteiger partial charge in [-0.15, -0.1) is 0 Å². The molecule has 1 aliphatic carbocycles. The van der Waals surface area contributed by atoms with Gasteiger partial charge in [0.25, 0.3) is 0 Å². The largest absolute Gasteiger partial charge is 0.391 e. The van der Waals surface area contributed by atoms with Crippen LogP contribution in [0.2, 0.25) is 0 Å². The predicted molar refractivity (Wildman–Crippen MR) is 90.4 cm³/mol. The van der Waals surface area contributed by atoms with E-state index in [1.54, 1.807) is 0 Å². The summed E-state index contributed by atoms with van der Waals surface area (Å²) in [6, 6.07) is 6.75. The fraction of sp³-hybridized carbons (Fsp3) is 0.722. The molecule has 3 rings (SSSR count). The Balaban J connectivity index is 1.60. The van der Waals surface area contributed by atoms with E-state index in [0.29, 0.717) is 12.0 Å². The lowest BCUT2D eigenvalue weighted by atomic mass is 9.87. The van der Waals surface area contributed by atoms with E-state index in [0.717, 1.165) is 38.2 Å². The third-order valence-electron chi connectivity index (χ3n) is 5.32. The minimum atomic E-state index is -0.111. The molecule has 2 aliphatic rings. The number of aliphatic hydroxyl groups is 1. The van der Waals surface area contributed by atoms with Crippen molar-refractivity contribution in [3.8, 4) is 0 Å². The van der Waals surface area contributed by atoms with Crippen LogP contribution in [0.15, 0.2) is 18.2 Å². The molecule has 2 atom stereocenters. The number of aliphatic hydroxyl groups excluding tert-OH is 1. The molecule has 1 aromatic heterocycles. The van der Waals surface area contributed by atoms with Gasteiger partial charge in [0.05, 0.1) is 6.10 Å². The van der Waals surface area contributed by atoms with Crippen molar-refractivity contribution in [3.63, 3.8) is 0 Å². The summed E-state index contributed by atoms with van der Waals surface area (Å²) >= 11 is 0. The van der Waals surface area contributed by atoms with Gasteiger partial charge in [-0.25, -0.2) is 4.98 Å². The molecule has 1 saturated carbocycles. The first-order valence-electron chi connectivity index (χ1n) is 8.71. The van der Waals surface area contributed by atoms with Crippen LogP contribution >= 0.6 is 0 Å². The van der Waals surface area contributed by atoms with Gasteiger partial charge in [0.15, 0.2) is 0 Å². The molecule has 2 fully saturated rings. The highest BCUT2D eigenvalue weighted by Crippen LogP contribution is 2.31. The highest BCUT2D eigenvalue weighted by atomic mass is 16.3. The molecule has 2 heterocycles. The predicted octanol–water partition coefficient (Wildman–Crippen LogP) is 2.63. The van der Waals surface area contributed by atoms with E-state index in [4.69, 9.17) is 4.98 Å². The van der Waals surface area contributed by atoms with Gasteiger partial charge in [-0.1, -0.05) is 18.9 Å². The molecule has 0 unspecified atom stereocenters. The molecule has 22 heavy (non-hydrogen) atoms. The Labute approximate surface area is 134 Å². The van der Waals surface area contributed by atoms with Gasteiger partial charge in [-0.3, -0.25) is 4.90 Å². The van der Waals surface area contributed by atoms with Crippen molar-refractivity contribution in [2.45, 2.75) is 56.6 Å². The molecular weight excluding hydrogens is 274 g/mol. The van der Waals surface area contributed by atoms with Crippen LogP contribution in [0.1, 0.15) is 50.1 Å². The molecule has 4 heteroatoms. The summed E-state index contributed by atoms with van der Waals surface area (Å²) in [6.45, 7) is 2.19. The molecule has 1 aromatic rings. The second-order valence-electron chi connectivity index (χ2n) is 7.04. The Morgan fingerprint density at radius 1 is 1.09 bits per heavy atom. The minimum absolute atomic E-state index is 0.111. The standard InChI is InChI=1S/C18H29N3O/c1-20(2)18-9-5-6-15(19-18)14-10-12-21(13-11-14)16-7-3-4-8-17(16)22/h5-6,9,14,16-17,22H,3-4,7-8,10-13H2,1-2H3/t16-,17-/m1/s1. The Kier molecular flexibility index (Phi) is 4.99. The molecule has 4 nitrogen and oxygen atoms in total. The Morgan fingerprint density at radius 2 is 1.82 bits per heavy atom. The van der Waals surface area contributed by atoms with Gasteiger partial charge in [-0.2, -0.15) is 0 Å². The van der Waals surface area contributed by atoms with Crippen LogP contribution in [0.25, 0.3) is 0 Å². The van der Waals surface area contributed by atoms with Crippen molar-refractivity contribution in [1.29, 1.82) is 0 Å². The van der Waals surface area contributed by atoms with Crippen LogP contribution < -0.4 is 4.90 Å². The van der Waals surface area contributed by atoms with Gasteiger partial charge in [0.2, 0.25) is 0 Å². The number of rotatable bonds is 3. The highest BCUT2D eigenvalue weighted by Gasteiger charge is 2.32. The van der Waals surface area contributed by atoms with Gasteiger partial charge >= 0.3 is 0 Å². The lowest BCUT2D eigenvalue weighted by molar-refractivity contribution is 0.00854. The zero-order valence-corrected chi connectivity index (χ0v) is 13.9. The summed E-state index contributed by atoms with van der Waals surface area (Å²) in [5.41, 5.74) is 1.23. The number of hydrogen-bond donors (Lipinski definition) is 1. The lowest BCUT2D eigenvalue weighted by Crippen LogP contribution is -2.48. The molecular formula is C18H29N3O. The molecule has 1 saturated heterocycles. The molecule has 0 amide bonds. The van der Waals surface area contributed by atoms with E-state index in [9.17, 15) is 5.11 Å². The van der Waals surface area contributed by atoms with Crippen LogP contribution in [0, 0.1) is 0 Å². The highest BCUT2D eigenvalue weighted by molar-refractivity contribution is 5.37. The van der Waals surface area contributed by atoms with Gasteiger partial charge in [-0.05, 0) is 50.9 Å². The fourth-order valence-electron chi connectivity index (χ4n) is 3.96. The Morgan fingerprint density at radius 3 is 2.50 bits per heavy atom. The average molecular weight is 303 g/mol. The van der Waals surface area contributed by atoms with Crippen LogP contribution in [0.4, 0.5) is 5.82 Å². The maximum atomic E-state index is 10.2. The van der Waals surface area contributed by atoms with Crippen molar-refractivity contribution < 1.29 is 5.11 Å². The van der Waals surface area contributed by atoms with Crippen molar-refractivity contribution in [2.75, 3.05) is 32.1 Å². The summed E-state index contributed by atoms with van der Waals surface area (Å²) in [5.74, 6) is 1.61. The monoisotopic (exact) mass is 303 g/mol. The quantitative estimate of drug-likeness (QED) is 0.932. The second-order valence-corrected chi connectivity index (χ2v) is 7.04. The van der Waals surface area contributed by atoms with E-state index in [2.05, 4.69) is 28.0 Å². The average Bonchev–Trinajstić information content (AvgIpc) is 2.56. The van der Waals surface area contributed by atoms with E-state index >= 15 is 0 Å². The number of hydrogen-bond acceptors (Lipinski definition) is 4. The van der Waals surface area contributed by atoms with E-state index in [-0.39, 0.29) is 6.10 Å². The Hall–Kier alpha value is -1.13. The minimum Gasteiger partial charge on any atom is -0.391 e. The topological polar surface area (TPSA) is 39.6 Å². The number of pyridine rings is 1. The number of nitrogens with zero attached hydrogens (tertiary/aromatic N) is 3. The van der Waals surface area contributed by atoms with Crippen LogP contribution in [0.5, 0.6) is 0 Å². The maximum absolute atomic E-state index is 10.2. The van der Waals surface area contributed by atoms with Crippen molar-refractivity contribution in [2.24, 2.45) is 0 Å². The Bertz CT molecular complexity index is 483. The second kappa shape index (κ2) is 6.97. The first kappa shape index (κ1) is 15.8. The molecule has 0 aromatic carbocycles. The van der Waals surface area contributed by atoms with E-state index in [1.165, 1.54) is 25.0 Å². The van der Waals surface area contributed by atoms with Crippen LogP contribution in [-0.2, 0) is 0 Å². The van der Waals surface area contributed by atoms with Gasteiger partial charge < -0.3 is 10.0 Å².